The second kappa shape index (κ2) is 11.1. The van der Waals surface area contributed by atoms with E-state index in [1.807, 2.05) is 4.90 Å². The van der Waals surface area contributed by atoms with Crippen LogP contribution >= 0.6 is 12.2 Å². The first-order valence-corrected chi connectivity index (χ1v) is 14.0. The van der Waals surface area contributed by atoms with Gasteiger partial charge >= 0.3 is 6.18 Å². The van der Waals surface area contributed by atoms with Crippen LogP contribution in [0.1, 0.15) is 31.7 Å². The van der Waals surface area contributed by atoms with E-state index >= 15 is 0 Å². The third-order valence-corrected chi connectivity index (χ3v) is 9.44. The van der Waals surface area contributed by atoms with Gasteiger partial charge in [0.2, 0.25) is 10.0 Å². The van der Waals surface area contributed by atoms with Crippen molar-refractivity contribution in [3.63, 3.8) is 0 Å². The van der Waals surface area contributed by atoms with E-state index < -0.39 is 27.8 Å². The van der Waals surface area contributed by atoms with E-state index in [4.69, 9.17) is 21.7 Å². The second-order valence-corrected chi connectivity index (χ2v) is 12.0. The SMILES string of the molecule is C[C@@](O)(c1ccc(N2CCN(S(=O)(=O)C3=CC=CCC3=S)C[C@@H]2COC[C@H]2CCCO2)cc1)C(F)(F)F. The Morgan fingerprint density at radius 2 is 1.92 bits per heavy atom. The smallest absolute Gasteiger partial charge is 0.377 e. The molecule has 1 aromatic carbocycles. The van der Waals surface area contributed by atoms with Gasteiger partial charge in [-0.3, -0.25) is 0 Å². The molecule has 2 saturated heterocycles. The van der Waals surface area contributed by atoms with E-state index in [0.717, 1.165) is 12.8 Å². The summed E-state index contributed by atoms with van der Waals surface area (Å²) in [5, 5.41) is 10.0. The molecule has 2 fully saturated rings. The van der Waals surface area contributed by atoms with Crippen molar-refractivity contribution < 1.29 is 36.2 Å². The molecule has 3 atom stereocenters. The first-order chi connectivity index (χ1) is 17.4. The number of nitrogens with zero attached hydrogens (tertiary/aromatic N) is 2. The van der Waals surface area contributed by atoms with Crippen LogP contribution < -0.4 is 4.90 Å². The Morgan fingerprint density at radius 3 is 2.54 bits per heavy atom. The fourth-order valence-corrected chi connectivity index (χ4v) is 6.74. The Labute approximate surface area is 220 Å². The van der Waals surface area contributed by atoms with Crippen molar-refractivity contribution in [3.05, 3.63) is 53.0 Å². The van der Waals surface area contributed by atoms with Gasteiger partial charge in [0.1, 0.15) is 0 Å². The first-order valence-electron chi connectivity index (χ1n) is 12.2. The Bertz CT molecular complexity index is 1140. The van der Waals surface area contributed by atoms with Crippen LogP contribution in [0.25, 0.3) is 0 Å². The van der Waals surface area contributed by atoms with E-state index in [-0.39, 0.29) is 36.3 Å². The van der Waals surface area contributed by atoms with Gasteiger partial charge in [0.25, 0.3) is 0 Å². The molecule has 7 nitrogen and oxygen atoms in total. The van der Waals surface area contributed by atoms with Crippen LogP contribution in [0.15, 0.2) is 47.4 Å². The molecular formula is C25H31F3N2O5S2. The quantitative estimate of drug-likeness (QED) is 0.486. The molecule has 4 rings (SSSR count). The number of rotatable bonds is 8. The summed E-state index contributed by atoms with van der Waals surface area (Å²) in [5.74, 6) is 0. The van der Waals surface area contributed by atoms with Crippen molar-refractivity contribution in [3.8, 4) is 0 Å². The molecule has 2 heterocycles. The molecule has 0 saturated carbocycles. The molecule has 0 unspecified atom stereocenters. The fourth-order valence-electron chi connectivity index (χ4n) is 4.67. The zero-order valence-corrected chi connectivity index (χ0v) is 22.1. The van der Waals surface area contributed by atoms with E-state index in [1.54, 1.807) is 12.2 Å². The third kappa shape index (κ3) is 6.10. The van der Waals surface area contributed by atoms with Crippen LogP contribution in [0.5, 0.6) is 0 Å². The topological polar surface area (TPSA) is 79.3 Å². The van der Waals surface area contributed by atoms with Gasteiger partial charge in [0.15, 0.2) is 5.60 Å². The predicted octanol–water partition coefficient (Wildman–Crippen LogP) is 3.69. The molecule has 2 aliphatic heterocycles. The van der Waals surface area contributed by atoms with Crippen molar-refractivity contribution in [2.75, 3.05) is 44.4 Å². The van der Waals surface area contributed by atoms with E-state index in [9.17, 15) is 26.7 Å². The number of hydrogen-bond donors (Lipinski definition) is 1. The minimum atomic E-state index is -4.82. The Hall–Kier alpha value is -1.83. The average Bonchev–Trinajstić information content (AvgIpc) is 3.37. The number of benzene rings is 1. The van der Waals surface area contributed by atoms with Gasteiger partial charge in [0.05, 0.1) is 30.3 Å². The van der Waals surface area contributed by atoms with Crippen molar-refractivity contribution in [1.29, 1.82) is 0 Å². The molecule has 0 aromatic heterocycles. The van der Waals surface area contributed by atoms with Crippen LogP contribution in [-0.4, -0.2) is 80.5 Å². The van der Waals surface area contributed by atoms with E-state index in [0.29, 0.717) is 43.7 Å². The number of aliphatic hydroxyl groups is 1. The standard InChI is InChI=1S/C25H31F3N2O5S2/c1-24(31,25(26,27)28)18-8-10-19(11-9-18)30-13-12-29(37(32,33)23-7-3-2-6-22(23)36)15-20(30)16-34-17-21-5-4-14-35-21/h2-3,7-11,20-21,31H,4-6,12-17H2,1H3/t20-,21-,24-/m1/s1. The maximum absolute atomic E-state index is 13.4. The Kier molecular flexibility index (Phi) is 8.46. The van der Waals surface area contributed by atoms with Crippen molar-refractivity contribution in [1.82, 2.24) is 4.31 Å². The lowest BCUT2D eigenvalue weighted by Crippen LogP contribution is -2.57. The number of thiocarbonyl (C=S) groups is 1. The summed E-state index contributed by atoms with van der Waals surface area (Å²) in [6.07, 6.45) is 2.43. The van der Waals surface area contributed by atoms with Crippen molar-refractivity contribution in [2.24, 2.45) is 0 Å². The van der Waals surface area contributed by atoms with Crippen molar-refractivity contribution in [2.45, 2.75) is 50.1 Å². The lowest BCUT2D eigenvalue weighted by atomic mass is 9.95. The van der Waals surface area contributed by atoms with Crippen LogP contribution in [-0.2, 0) is 25.1 Å². The minimum Gasteiger partial charge on any atom is -0.377 e. The average molecular weight is 561 g/mol. The number of ether oxygens (including phenoxy) is 2. The fraction of sp³-hybridized carbons (Fsp3) is 0.560. The second-order valence-electron chi connectivity index (χ2n) is 9.59. The van der Waals surface area contributed by atoms with Gasteiger partial charge in [-0.1, -0.05) is 36.5 Å². The van der Waals surface area contributed by atoms with Gasteiger partial charge in [-0.15, -0.1) is 0 Å². The lowest BCUT2D eigenvalue weighted by Gasteiger charge is -2.42. The first kappa shape index (κ1) is 28.2. The highest BCUT2D eigenvalue weighted by molar-refractivity contribution is 7.96. The summed E-state index contributed by atoms with van der Waals surface area (Å²) in [6.45, 7) is 2.59. The van der Waals surface area contributed by atoms with Crippen molar-refractivity contribution >= 4 is 32.8 Å². The third-order valence-electron chi connectivity index (χ3n) is 6.98. The highest BCUT2D eigenvalue weighted by atomic mass is 32.2. The van der Waals surface area contributed by atoms with Gasteiger partial charge in [-0.05, 0) is 43.5 Å². The van der Waals surface area contributed by atoms with Gasteiger partial charge in [-0.2, -0.15) is 17.5 Å². The number of anilines is 1. The molecule has 0 spiro atoms. The van der Waals surface area contributed by atoms with Crippen LogP contribution in [0, 0.1) is 0 Å². The molecule has 0 amide bonds. The number of alkyl halides is 3. The number of halogens is 3. The largest absolute Gasteiger partial charge is 0.421 e. The molecule has 12 heteroatoms. The normalized spacial score (nSPS) is 25.3. The summed E-state index contributed by atoms with van der Waals surface area (Å²) in [6, 6.07) is 5.11. The molecule has 1 aromatic rings. The van der Waals surface area contributed by atoms with Crippen LogP contribution in [0.3, 0.4) is 0 Å². The number of hydrogen-bond acceptors (Lipinski definition) is 7. The van der Waals surface area contributed by atoms with Gasteiger partial charge in [-0.25, -0.2) is 8.42 Å². The number of allylic oxidation sites excluding steroid dienone is 4. The molecule has 1 N–H and O–H groups in total. The van der Waals surface area contributed by atoms with Crippen LogP contribution in [0.2, 0.25) is 0 Å². The number of sulfonamides is 1. The minimum absolute atomic E-state index is 0.00249. The Balaban J connectivity index is 1.54. The number of piperazine rings is 1. The molecule has 0 radical (unpaired) electrons. The maximum atomic E-state index is 13.4. The molecule has 3 aliphatic rings. The predicted molar refractivity (Wildman–Crippen MR) is 138 cm³/mol. The Morgan fingerprint density at radius 1 is 1.19 bits per heavy atom. The van der Waals surface area contributed by atoms with E-state index in [1.165, 1.54) is 34.6 Å². The summed E-state index contributed by atoms with van der Waals surface area (Å²) < 4.78 is 79.5. The molecule has 204 valence electrons. The highest BCUT2D eigenvalue weighted by Crippen LogP contribution is 2.39. The molecule has 1 aliphatic carbocycles. The monoisotopic (exact) mass is 560 g/mol. The lowest BCUT2D eigenvalue weighted by molar-refractivity contribution is -0.258. The van der Waals surface area contributed by atoms with Gasteiger partial charge < -0.3 is 19.5 Å². The summed E-state index contributed by atoms with van der Waals surface area (Å²) >= 11 is 5.30. The summed E-state index contributed by atoms with van der Waals surface area (Å²) in [7, 11) is -3.82. The highest BCUT2D eigenvalue weighted by Gasteiger charge is 2.51. The van der Waals surface area contributed by atoms with Crippen LogP contribution in [0.4, 0.5) is 18.9 Å². The maximum Gasteiger partial charge on any atom is 0.421 e. The van der Waals surface area contributed by atoms with E-state index in [2.05, 4.69) is 0 Å². The van der Waals surface area contributed by atoms with Gasteiger partial charge in [0, 0.05) is 43.2 Å². The molecule has 37 heavy (non-hydrogen) atoms. The summed E-state index contributed by atoms with van der Waals surface area (Å²) in [5.41, 5.74) is -2.65. The zero-order chi connectivity index (χ0) is 26.8. The molecule has 0 bridgehead atoms. The molecular weight excluding hydrogens is 529 g/mol. The zero-order valence-electron chi connectivity index (χ0n) is 20.5. The summed E-state index contributed by atoms with van der Waals surface area (Å²) in [4.78, 5) is 2.42.